The number of carbonyl (C=O) groups is 3. The fraction of sp³-hybridized carbons (Fsp3) is 0.353. The largest absolute Gasteiger partial charge is 0.488 e. The number of carboxylic acid groups (broad SMARTS) is 1. The summed E-state index contributed by atoms with van der Waals surface area (Å²) in [6.07, 6.45) is 3.93. The molecule has 0 radical (unpaired) electrons. The highest BCUT2D eigenvalue weighted by molar-refractivity contribution is 7.81. The molecule has 2 aliphatic heterocycles. The number of benzene rings is 1. The van der Waals surface area contributed by atoms with Gasteiger partial charge in [0.1, 0.15) is 5.75 Å². The molecule has 2 aliphatic rings. The van der Waals surface area contributed by atoms with Crippen LogP contribution in [0.4, 0.5) is 3.89 Å². The van der Waals surface area contributed by atoms with Gasteiger partial charge in [-0.1, -0.05) is 16.0 Å². The minimum absolute atomic E-state index is 0.0748. The first kappa shape index (κ1) is 21.5. The van der Waals surface area contributed by atoms with E-state index in [0.29, 0.717) is 32.5 Å². The number of hydrogen-bond acceptors (Lipinski definition) is 7. The monoisotopic (exact) mass is 414 g/mol. The van der Waals surface area contributed by atoms with E-state index in [1.165, 1.54) is 29.2 Å². The zero-order chi connectivity index (χ0) is 20.7. The standard InChI is InChI=1S/C16H17FN2O5S.CH2O2/c17-25(22,23)24-14-3-1-2-12(10-14)11-18-8-6-13(7-9-18)19-15(20)4-5-16(19)21;2-1-3/h1-5,10,13H,6-9,11H2;1H,(H,2,3). The maximum Gasteiger partial charge on any atom is 0.488 e. The molecule has 0 unspecified atom stereocenters. The number of imide groups is 1. The van der Waals surface area contributed by atoms with Crippen molar-refractivity contribution in [1.82, 2.24) is 9.80 Å². The van der Waals surface area contributed by atoms with E-state index in [1.54, 1.807) is 12.1 Å². The Hall–Kier alpha value is -2.79. The molecule has 0 aliphatic carbocycles. The summed E-state index contributed by atoms with van der Waals surface area (Å²) in [4.78, 5) is 35.2. The number of nitrogens with zero attached hydrogens (tertiary/aromatic N) is 2. The number of amides is 2. The van der Waals surface area contributed by atoms with E-state index in [9.17, 15) is 21.9 Å². The lowest BCUT2D eigenvalue weighted by Crippen LogP contribution is -2.47. The molecule has 28 heavy (non-hydrogen) atoms. The highest BCUT2D eigenvalue weighted by atomic mass is 32.3. The second-order valence-electron chi connectivity index (χ2n) is 6.12. The number of halogens is 1. The van der Waals surface area contributed by atoms with Crippen molar-refractivity contribution < 1.29 is 36.0 Å². The Morgan fingerprint density at radius 1 is 1.18 bits per heavy atom. The van der Waals surface area contributed by atoms with Crippen molar-refractivity contribution >= 4 is 28.8 Å². The van der Waals surface area contributed by atoms with Gasteiger partial charge in [0.15, 0.2) is 0 Å². The van der Waals surface area contributed by atoms with Crippen LogP contribution in [0.15, 0.2) is 36.4 Å². The molecule has 1 fully saturated rings. The van der Waals surface area contributed by atoms with Gasteiger partial charge >= 0.3 is 10.5 Å². The smallest absolute Gasteiger partial charge is 0.483 e. The van der Waals surface area contributed by atoms with E-state index < -0.39 is 10.5 Å². The molecule has 2 amide bonds. The van der Waals surface area contributed by atoms with Gasteiger partial charge in [0.2, 0.25) is 0 Å². The van der Waals surface area contributed by atoms with Crippen LogP contribution < -0.4 is 4.18 Å². The van der Waals surface area contributed by atoms with Crippen LogP contribution in [0.5, 0.6) is 5.75 Å². The molecule has 0 atom stereocenters. The molecule has 0 spiro atoms. The van der Waals surface area contributed by atoms with E-state index in [4.69, 9.17) is 9.90 Å². The molecule has 1 N–H and O–H groups in total. The second kappa shape index (κ2) is 9.42. The van der Waals surface area contributed by atoms with E-state index in [2.05, 4.69) is 9.08 Å². The quantitative estimate of drug-likeness (QED) is 0.428. The molecular weight excluding hydrogens is 395 g/mol. The van der Waals surface area contributed by atoms with Crippen LogP contribution in [0.25, 0.3) is 0 Å². The van der Waals surface area contributed by atoms with Crippen molar-refractivity contribution in [3.05, 3.63) is 42.0 Å². The van der Waals surface area contributed by atoms with Crippen LogP contribution in [0.3, 0.4) is 0 Å². The molecule has 1 aromatic carbocycles. The maximum absolute atomic E-state index is 12.6. The second-order valence-corrected chi connectivity index (χ2v) is 7.07. The number of rotatable bonds is 5. The summed E-state index contributed by atoms with van der Waals surface area (Å²) in [6.45, 7) is 1.67. The van der Waals surface area contributed by atoms with E-state index in [-0.39, 0.29) is 30.1 Å². The summed E-state index contributed by atoms with van der Waals surface area (Å²) < 4.78 is 37.9. The van der Waals surface area contributed by atoms with Crippen LogP contribution >= 0.6 is 0 Å². The summed E-state index contributed by atoms with van der Waals surface area (Å²) in [5, 5.41) is 6.89. The Kier molecular flexibility index (Phi) is 7.24. The third-order valence-electron chi connectivity index (χ3n) is 4.27. The molecule has 0 bridgehead atoms. The molecule has 1 saturated heterocycles. The first-order valence-corrected chi connectivity index (χ1v) is 9.63. The Morgan fingerprint density at radius 2 is 1.75 bits per heavy atom. The number of piperidine rings is 1. The summed E-state index contributed by atoms with van der Waals surface area (Å²) >= 11 is 0. The summed E-state index contributed by atoms with van der Waals surface area (Å²) in [5.74, 6) is -0.601. The van der Waals surface area contributed by atoms with Gasteiger partial charge in [0.25, 0.3) is 18.3 Å². The van der Waals surface area contributed by atoms with Gasteiger partial charge in [-0.05, 0) is 30.5 Å². The molecular formula is C17H19FN2O7S. The van der Waals surface area contributed by atoms with Crippen molar-refractivity contribution in [3.63, 3.8) is 0 Å². The van der Waals surface area contributed by atoms with Gasteiger partial charge < -0.3 is 9.29 Å². The lowest BCUT2D eigenvalue weighted by Gasteiger charge is -2.35. The Morgan fingerprint density at radius 3 is 2.29 bits per heavy atom. The molecule has 0 aromatic heterocycles. The van der Waals surface area contributed by atoms with Crippen LogP contribution in [-0.2, 0) is 31.4 Å². The fourth-order valence-corrected chi connectivity index (χ4v) is 3.51. The van der Waals surface area contributed by atoms with Crippen LogP contribution in [0.2, 0.25) is 0 Å². The van der Waals surface area contributed by atoms with Gasteiger partial charge in [-0.2, -0.15) is 8.42 Å². The average molecular weight is 414 g/mol. The molecule has 11 heteroatoms. The van der Waals surface area contributed by atoms with E-state index in [0.717, 1.165) is 5.56 Å². The molecule has 0 saturated carbocycles. The lowest BCUT2D eigenvalue weighted by atomic mass is 10.0. The minimum atomic E-state index is -5.04. The zero-order valence-corrected chi connectivity index (χ0v) is 15.5. The lowest BCUT2D eigenvalue weighted by molar-refractivity contribution is -0.140. The van der Waals surface area contributed by atoms with Crippen molar-refractivity contribution in [2.24, 2.45) is 0 Å². The van der Waals surface area contributed by atoms with Gasteiger partial charge in [0, 0.05) is 37.8 Å². The van der Waals surface area contributed by atoms with Crippen LogP contribution in [-0.4, -0.2) is 60.7 Å². The summed E-state index contributed by atoms with van der Waals surface area (Å²) in [7, 11) is -5.04. The van der Waals surface area contributed by atoms with Crippen molar-refractivity contribution in [1.29, 1.82) is 0 Å². The van der Waals surface area contributed by atoms with Crippen molar-refractivity contribution in [2.75, 3.05) is 13.1 Å². The number of hydrogen-bond donors (Lipinski definition) is 1. The minimum Gasteiger partial charge on any atom is -0.483 e. The van der Waals surface area contributed by atoms with Gasteiger partial charge in [0.05, 0.1) is 0 Å². The van der Waals surface area contributed by atoms with Crippen molar-refractivity contribution in [3.8, 4) is 5.75 Å². The predicted molar refractivity (Wildman–Crippen MR) is 95.1 cm³/mol. The van der Waals surface area contributed by atoms with Gasteiger partial charge in [-0.3, -0.25) is 24.2 Å². The number of carbonyl (C=O) groups excluding carboxylic acids is 2. The fourth-order valence-electron chi connectivity index (χ4n) is 3.18. The van der Waals surface area contributed by atoms with E-state index >= 15 is 0 Å². The third kappa shape index (κ3) is 6.13. The first-order chi connectivity index (χ1) is 13.2. The molecule has 1 aromatic rings. The Balaban J connectivity index is 0.000000878. The van der Waals surface area contributed by atoms with Crippen LogP contribution in [0.1, 0.15) is 18.4 Å². The normalized spacial score (nSPS) is 18.0. The molecule has 152 valence electrons. The summed E-state index contributed by atoms with van der Waals surface area (Å²) in [5.41, 5.74) is 0.787. The predicted octanol–water partition coefficient (Wildman–Crippen LogP) is 0.870. The zero-order valence-electron chi connectivity index (χ0n) is 14.7. The molecule has 2 heterocycles. The Labute approximate surface area is 161 Å². The highest BCUT2D eigenvalue weighted by Gasteiger charge is 2.33. The van der Waals surface area contributed by atoms with Crippen molar-refractivity contribution in [2.45, 2.75) is 25.4 Å². The van der Waals surface area contributed by atoms with Gasteiger partial charge in [-0.25, -0.2) is 0 Å². The molecule has 3 rings (SSSR count). The Bertz CT molecular complexity index is 846. The summed E-state index contributed by atoms with van der Waals surface area (Å²) in [6, 6.07) is 6.12. The SMILES string of the molecule is O=C1C=CC(=O)N1C1CCN(Cc2cccc(OS(=O)(=O)F)c2)CC1.O=CO. The highest BCUT2D eigenvalue weighted by Crippen LogP contribution is 2.23. The van der Waals surface area contributed by atoms with Crippen LogP contribution in [0, 0.1) is 0 Å². The maximum atomic E-state index is 12.6. The topological polar surface area (TPSA) is 121 Å². The number of likely N-dealkylation sites (tertiary alicyclic amines) is 1. The average Bonchev–Trinajstić information content (AvgIpc) is 2.94. The molecule has 9 nitrogen and oxygen atoms in total. The van der Waals surface area contributed by atoms with E-state index in [1.807, 2.05) is 0 Å². The first-order valence-electron chi connectivity index (χ1n) is 8.32. The third-order valence-corrected chi connectivity index (χ3v) is 4.66. The van der Waals surface area contributed by atoms with Gasteiger partial charge in [-0.15, -0.1) is 0 Å².